The number of hydrogen-bond acceptors (Lipinski definition) is 7. The van der Waals surface area contributed by atoms with Crippen molar-refractivity contribution < 1.29 is 28.2 Å². The molecule has 3 aromatic rings. The first kappa shape index (κ1) is 16.8. The highest BCUT2D eigenvalue weighted by molar-refractivity contribution is 5.97. The summed E-state index contributed by atoms with van der Waals surface area (Å²) in [5, 5.41) is 4.74. The monoisotopic (exact) mass is 368 g/mol. The van der Waals surface area contributed by atoms with Gasteiger partial charge in [0.1, 0.15) is 5.75 Å². The number of ether oxygens (including phenoxy) is 4. The lowest BCUT2D eigenvalue weighted by Gasteiger charge is -2.06. The van der Waals surface area contributed by atoms with Crippen molar-refractivity contribution in [3.8, 4) is 23.0 Å². The van der Waals surface area contributed by atoms with Gasteiger partial charge in [0.25, 0.3) is 0 Å². The molecular formula is C19H16N2O6. The molecule has 0 spiro atoms. The number of rotatable bonds is 5. The van der Waals surface area contributed by atoms with E-state index in [4.69, 9.17) is 23.4 Å². The summed E-state index contributed by atoms with van der Waals surface area (Å²) in [6, 6.07) is 10.5. The number of methoxy groups -OCH3 is 2. The second-order valence-corrected chi connectivity index (χ2v) is 5.64. The molecule has 0 saturated heterocycles. The average Bonchev–Trinajstić information content (AvgIpc) is 3.33. The van der Waals surface area contributed by atoms with E-state index in [2.05, 4.69) is 10.5 Å². The van der Waals surface area contributed by atoms with Crippen LogP contribution in [0.2, 0.25) is 0 Å². The van der Waals surface area contributed by atoms with Crippen molar-refractivity contribution in [3.05, 3.63) is 47.7 Å². The number of hydrazone groups is 1. The summed E-state index contributed by atoms with van der Waals surface area (Å²) in [6.07, 6.45) is 1.46. The fourth-order valence-corrected chi connectivity index (χ4v) is 2.74. The van der Waals surface area contributed by atoms with Crippen LogP contribution in [-0.2, 0) is 0 Å². The van der Waals surface area contributed by atoms with Crippen molar-refractivity contribution >= 4 is 23.1 Å². The van der Waals surface area contributed by atoms with Gasteiger partial charge in [0.2, 0.25) is 6.79 Å². The summed E-state index contributed by atoms with van der Waals surface area (Å²) < 4.78 is 26.8. The lowest BCUT2D eigenvalue weighted by atomic mass is 10.2. The minimum atomic E-state index is -0.482. The Morgan fingerprint density at radius 3 is 2.67 bits per heavy atom. The Morgan fingerprint density at radius 1 is 1.11 bits per heavy atom. The molecule has 0 saturated carbocycles. The number of carbonyl (C=O) groups is 1. The fourth-order valence-electron chi connectivity index (χ4n) is 2.74. The van der Waals surface area contributed by atoms with Crippen LogP contribution in [0.4, 0.5) is 0 Å². The summed E-state index contributed by atoms with van der Waals surface area (Å²) in [6.45, 7) is 0.158. The van der Waals surface area contributed by atoms with Gasteiger partial charge in [-0.1, -0.05) is 12.1 Å². The maximum Gasteiger partial charge on any atom is 0.307 e. The molecule has 27 heavy (non-hydrogen) atoms. The fraction of sp³-hybridized carbons (Fsp3) is 0.158. The SMILES string of the molecule is COc1cc2c(cc1/C=N\NC(=O)c1cc3cccc(OC)c3o1)OCO2. The van der Waals surface area contributed by atoms with Crippen molar-refractivity contribution in [2.75, 3.05) is 21.0 Å². The highest BCUT2D eigenvalue weighted by Gasteiger charge is 2.17. The van der Waals surface area contributed by atoms with Crippen LogP contribution in [0.1, 0.15) is 16.1 Å². The third-order valence-electron chi connectivity index (χ3n) is 4.05. The number of nitrogens with one attached hydrogen (secondary N) is 1. The van der Waals surface area contributed by atoms with Gasteiger partial charge >= 0.3 is 5.91 Å². The molecule has 1 amide bonds. The van der Waals surface area contributed by atoms with Gasteiger partial charge in [-0.25, -0.2) is 5.43 Å². The van der Waals surface area contributed by atoms with Crippen LogP contribution >= 0.6 is 0 Å². The molecule has 8 heteroatoms. The highest BCUT2D eigenvalue weighted by atomic mass is 16.7. The van der Waals surface area contributed by atoms with Crippen molar-refractivity contribution in [2.45, 2.75) is 0 Å². The summed E-state index contributed by atoms with van der Waals surface area (Å²) in [5.41, 5.74) is 3.57. The van der Waals surface area contributed by atoms with Gasteiger partial charge in [0, 0.05) is 17.0 Å². The zero-order valence-corrected chi connectivity index (χ0v) is 14.6. The molecule has 1 aliphatic rings. The van der Waals surface area contributed by atoms with Gasteiger partial charge < -0.3 is 23.4 Å². The van der Waals surface area contributed by atoms with Gasteiger partial charge in [-0.3, -0.25) is 4.79 Å². The maximum absolute atomic E-state index is 12.3. The minimum Gasteiger partial charge on any atom is -0.496 e. The van der Waals surface area contributed by atoms with Crippen LogP contribution in [0, 0.1) is 0 Å². The van der Waals surface area contributed by atoms with Gasteiger partial charge in [0.15, 0.2) is 28.6 Å². The Labute approximate surface area is 154 Å². The zero-order chi connectivity index (χ0) is 18.8. The van der Waals surface area contributed by atoms with Crippen LogP contribution in [-0.4, -0.2) is 33.1 Å². The van der Waals surface area contributed by atoms with E-state index in [1.807, 2.05) is 12.1 Å². The number of carbonyl (C=O) groups excluding carboxylic acids is 1. The van der Waals surface area contributed by atoms with E-state index >= 15 is 0 Å². The molecule has 1 aromatic heterocycles. The second-order valence-electron chi connectivity index (χ2n) is 5.64. The molecule has 1 aliphatic heterocycles. The molecular weight excluding hydrogens is 352 g/mol. The number of amides is 1. The molecule has 0 radical (unpaired) electrons. The predicted molar refractivity (Wildman–Crippen MR) is 96.9 cm³/mol. The quantitative estimate of drug-likeness (QED) is 0.550. The molecule has 2 aromatic carbocycles. The van der Waals surface area contributed by atoms with Crippen molar-refractivity contribution in [2.24, 2.45) is 5.10 Å². The van der Waals surface area contributed by atoms with Crippen molar-refractivity contribution in [3.63, 3.8) is 0 Å². The van der Waals surface area contributed by atoms with Crippen molar-refractivity contribution in [1.29, 1.82) is 0 Å². The zero-order valence-electron chi connectivity index (χ0n) is 14.6. The Balaban J connectivity index is 1.53. The van der Waals surface area contributed by atoms with Crippen molar-refractivity contribution in [1.82, 2.24) is 5.43 Å². The standard InChI is InChI=1S/C19H16N2O6/c1-23-13-5-3-4-11-6-17(27-18(11)13)19(22)21-20-9-12-7-15-16(26-10-25-15)8-14(12)24-2/h3-9H,10H2,1-2H3,(H,21,22)/b20-9-. The molecule has 4 rings (SSSR count). The van der Waals surface area contributed by atoms with E-state index in [9.17, 15) is 4.79 Å². The van der Waals surface area contributed by atoms with Crippen LogP contribution in [0.3, 0.4) is 0 Å². The molecule has 0 fully saturated rings. The number of nitrogens with zero attached hydrogens (tertiary/aromatic N) is 1. The first-order chi connectivity index (χ1) is 13.2. The van der Waals surface area contributed by atoms with Crippen LogP contribution in [0.5, 0.6) is 23.0 Å². The Hall–Kier alpha value is -3.68. The van der Waals surface area contributed by atoms with Gasteiger partial charge in [0.05, 0.1) is 20.4 Å². The van der Waals surface area contributed by atoms with E-state index in [0.29, 0.717) is 34.1 Å². The van der Waals surface area contributed by atoms with Crippen LogP contribution in [0.15, 0.2) is 45.9 Å². The van der Waals surface area contributed by atoms with E-state index in [1.165, 1.54) is 13.3 Å². The largest absolute Gasteiger partial charge is 0.496 e. The van der Waals surface area contributed by atoms with E-state index in [-0.39, 0.29) is 12.6 Å². The highest BCUT2D eigenvalue weighted by Crippen LogP contribution is 2.37. The summed E-state index contributed by atoms with van der Waals surface area (Å²) in [4.78, 5) is 12.3. The van der Waals surface area contributed by atoms with E-state index in [1.54, 1.807) is 31.4 Å². The number of furan rings is 1. The normalized spacial score (nSPS) is 12.5. The summed E-state index contributed by atoms with van der Waals surface area (Å²) >= 11 is 0. The third-order valence-corrected chi connectivity index (χ3v) is 4.05. The van der Waals surface area contributed by atoms with Crippen LogP contribution < -0.4 is 24.4 Å². The number of hydrogen-bond donors (Lipinski definition) is 1. The van der Waals surface area contributed by atoms with E-state index < -0.39 is 5.91 Å². The predicted octanol–water partition coefficient (Wildman–Crippen LogP) is 2.94. The van der Waals surface area contributed by atoms with Gasteiger partial charge in [-0.15, -0.1) is 0 Å². The number of para-hydroxylation sites is 1. The lowest BCUT2D eigenvalue weighted by molar-refractivity contribution is 0.0929. The first-order valence-electron chi connectivity index (χ1n) is 8.07. The minimum absolute atomic E-state index is 0.129. The molecule has 2 heterocycles. The smallest absolute Gasteiger partial charge is 0.307 e. The molecule has 0 bridgehead atoms. The molecule has 8 nitrogen and oxygen atoms in total. The summed E-state index contributed by atoms with van der Waals surface area (Å²) in [5.74, 6) is 1.94. The Bertz CT molecular complexity index is 1040. The molecule has 0 aliphatic carbocycles. The summed E-state index contributed by atoms with van der Waals surface area (Å²) in [7, 11) is 3.08. The molecule has 0 atom stereocenters. The van der Waals surface area contributed by atoms with Gasteiger partial charge in [-0.05, 0) is 18.2 Å². The molecule has 0 unspecified atom stereocenters. The molecule has 1 N–H and O–H groups in total. The lowest BCUT2D eigenvalue weighted by Crippen LogP contribution is -2.16. The second kappa shape index (κ2) is 6.91. The Kier molecular flexibility index (Phi) is 4.29. The molecule has 138 valence electrons. The number of benzene rings is 2. The first-order valence-corrected chi connectivity index (χ1v) is 8.07. The maximum atomic E-state index is 12.3. The Morgan fingerprint density at radius 2 is 1.89 bits per heavy atom. The van der Waals surface area contributed by atoms with E-state index in [0.717, 1.165) is 5.39 Å². The topological polar surface area (TPSA) is 91.5 Å². The number of fused-ring (bicyclic) bond motifs is 2. The van der Waals surface area contributed by atoms with Crippen LogP contribution in [0.25, 0.3) is 11.0 Å². The van der Waals surface area contributed by atoms with Gasteiger partial charge in [-0.2, -0.15) is 5.10 Å². The average molecular weight is 368 g/mol. The third kappa shape index (κ3) is 3.12.